The predicted octanol–water partition coefficient (Wildman–Crippen LogP) is 3.64. The van der Waals surface area contributed by atoms with Gasteiger partial charge in [0.1, 0.15) is 0 Å². The van der Waals surface area contributed by atoms with Gasteiger partial charge in [-0.2, -0.15) is 13.2 Å². The van der Waals surface area contributed by atoms with Crippen molar-refractivity contribution in [1.29, 1.82) is 0 Å². The fourth-order valence-electron chi connectivity index (χ4n) is 11.3. The predicted molar refractivity (Wildman–Crippen MR) is 169 cm³/mol. The first-order chi connectivity index (χ1) is 22.4. The molecule has 12 heteroatoms. The maximum atomic E-state index is 14.4. The molecule has 0 radical (unpaired) electrons. The van der Waals surface area contributed by atoms with E-state index < -0.39 is 83.5 Å². The number of hydrogen-bond acceptors (Lipinski definition) is 9. The minimum atomic E-state index is -5.03. The Morgan fingerprint density at radius 2 is 1.58 bits per heavy atom. The van der Waals surface area contributed by atoms with E-state index in [4.69, 9.17) is 9.47 Å². The standard InChI is InChI=1S/C36H55F3O9/c1-20(9-8-12-22(19-40)48-31(45)35(47-4,36(37,38)39)21-10-6-5-7-11-21)23-17-25(42)30-32(23,2)16-14-27-33(3)15-13-24(41)29(44)28(33)26(43)18-34(27,30)46/h5-7,10-11,20,22-31,40-46H,8-9,12-19H2,1-4H3/t20-,22+,23-,24+,25-,26+,27-,28?,29+,30?,31?,32-,33-,34+,35+/m1/s1. The molecule has 4 aliphatic carbocycles. The van der Waals surface area contributed by atoms with Crippen molar-refractivity contribution >= 4 is 0 Å². The molecule has 0 aliphatic heterocycles. The summed E-state index contributed by atoms with van der Waals surface area (Å²) in [5, 5.41) is 77.5. The molecule has 15 atom stereocenters. The van der Waals surface area contributed by atoms with Gasteiger partial charge in [0.2, 0.25) is 5.60 Å². The number of benzene rings is 1. The molecule has 4 saturated carbocycles. The lowest BCUT2D eigenvalue weighted by Crippen LogP contribution is -2.70. The van der Waals surface area contributed by atoms with Gasteiger partial charge >= 0.3 is 6.18 Å². The van der Waals surface area contributed by atoms with Gasteiger partial charge in [0.05, 0.1) is 42.7 Å². The molecular weight excluding hydrogens is 633 g/mol. The third-order valence-electron chi connectivity index (χ3n) is 13.5. The van der Waals surface area contributed by atoms with Crippen LogP contribution < -0.4 is 0 Å². The van der Waals surface area contributed by atoms with E-state index in [0.717, 1.165) is 13.5 Å². The maximum Gasteiger partial charge on any atom is 0.426 e. The van der Waals surface area contributed by atoms with Gasteiger partial charge in [0, 0.05) is 25.4 Å². The van der Waals surface area contributed by atoms with Crippen molar-refractivity contribution in [2.45, 2.75) is 133 Å². The molecule has 5 rings (SSSR count). The highest BCUT2D eigenvalue weighted by Gasteiger charge is 2.71. The van der Waals surface area contributed by atoms with Crippen LogP contribution in [0.3, 0.4) is 0 Å². The Balaban J connectivity index is 1.26. The lowest BCUT2D eigenvalue weighted by molar-refractivity contribution is -0.358. The van der Waals surface area contributed by atoms with E-state index in [-0.39, 0.29) is 36.2 Å². The van der Waals surface area contributed by atoms with Gasteiger partial charge in [-0.3, -0.25) is 0 Å². The molecular formula is C36H55F3O9. The first-order valence-electron chi connectivity index (χ1n) is 17.5. The lowest BCUT2D eigenvalue weighted by Gasteiger charge is -2.66. The zero-order valence-corrected chi connectivity index (χ0v) is 28.4. The zero-order valence-electron chi connectivity index (χ0n) is 28.4. The van der Waals surface area contributed by atoms with E-state index in [1.165, 1.54) is 24.3 Å². The molecule has 7 N–H and O–H groups in total. The van der Waals surface area contributed by atoms with Crippen LogP contribution in [0.2, 0.25) is 0 Å². The zero-order chi connectivity index (χ0) is 35.4. The van der Waals surface area contributed by atoms with E-state index in [0.29, 0.717) is 38.5 Å². The number of methoxy groups -OCH3 is 1. The molecule has 1 aromatic rings. The molecule has 0 aromatic heterocycles. The van der Waals surface area contributed by atoms with Crippen LogP contribution in [0.1, 0.15) is 84.1 Å². The topological polar surface area (TPSA) is 160 Å². The number of aliphatic hydroxyl groups is 7. The number of hydrogen-bond donors (Lipinski definition) is 7. The summed E-state index contributed by atoms with van der Waals surface area (Å²) >= 11 is 0. The Morgan fingerprint density at radius 3 is 2.19 bits per heavy atom. The van der Waals surface area contributed by atoms with Crippen molar-refractivity contribution < 1.29 is 58.4 Å². The number of aliphatic hydroxyl groups excluding tert-OH is 6. The van der Waals surface area contributed by atoms with Crippen molar-refractivity contribution in [2.75, 3.05) is 13.7 Å². The number of rotatable bonds is 11. The SMILES string of the molecule is CO[C@@](c1ccccc1)(C(O)O[C@H](CO)CCC[C@@H](C)[C@H]1C[C@@H](O)C2[C@]1(C)CC[C@@H]1[C@@]3(C)CC[C@H](O)[C@H](O)C3[C@@H](O)C[C@@]21O)C(F)(F)F. The Morgan fingerprint density at radius 1 is 0.938 bits per heavy atom. The average Bonchev–Trinajstić information content (AvgIpc) is 3.29. The van der Waals surface area contributed by atoms with Crippen LogP contribution >= 0.6 is 0 Å². The van der Waals surface area contributed by atoms with E-state index >= 15 is 0 Å². The number of halogens is 3. The maximum absolute atomic E-state index is 14.4. The third-order valence-corrected chi connectivity index (χ3v) is 13.5. The molecule has 1 aromatic carbocycles. The van der Waals surface area contributed by atoms with Crippen molar-refractivity contribution in [1.82, 2.24) is 0 Å². The highest BCUT2D eigenvalue weighted by molar-refractivity contribution is 5.26. The molecule has 4 aliphatic rings. The monoisotopic (exact) mass is 688 g/mol. The van der Waals surface area contributed by atoms with Crippen molar-refractivity contribution in [3.8, 4) is 0 Å². The molecule has 0 saturated heterocycles. The van der Waals surface area contributed by atoms with Crippen LogP contribution in [-0.2, 0) is 15.1 Å². The summed E-state index contributed by atoms with van der Waals surface area (Å²) in [6.45, 7) is 5.55. The summed E-state index contributed by atoms with van der Waals surface area (Å²) < 4.78 is 53.5. The molecule has 0 heterocycles. The van der Waals surface area contributed by atoms with Gasteiger partial charge in [-0.05, 0) is 72.7 Å². The number of alkyl halides is 3. The van der Waals surface area contributed by atoms with E-state index in [1.807, 2.05) is 6.92 Å². The molecule has 4 fully saturated rings. The molecule has 0 spiro atoms. The van der Waals surface area contributed by atoms with E-state index in [2.05, 4.69) is 13.8 Å². The van der Waals surface area contributed by atoms with Gasteiger partial charge in [-0.1, -0.05) is 63.9 Å². The van der Waals surface area contributed by atoms with Crippen LogP contribution in [-0.4, -0.2) is 98.0 Å². The number of ether oxygens (including phenoxy) is 2. The van der Waals surface area contributed by atoms with Gasteiger partial charge in [0.25, 0.3) is 0 Å². The number of fused-ring (bicyclic) bond motifs is 5. The quantitative estimate of drug-likeness (QED) is 0.172. The fraction of sp³-hybridized carbons (Fsp3) is 0.833. The molecule has 274 valence electrons. The van der Waals surface area contributed by atoms with Crippen LogP contribution in [0.25, 0.3) is 0 Å². The Hall–Kier alpha value is -1.35. The van der Waals surface area contributed by atoms with Gasteiger partial charge in [-0.15, -0.1) is 0 Å². The molecule has 9 nitrogen and oxygen atoms in total. The first-order valence-corrected chi connectivity index (χ1v) is 17.5. The summed E-state index contributed by atoms with van der Waals surface area (Å²) in [7, 11) is 0.853. The summed E-state index contributed by atoms with van der Waals surface area (Å²) in [4.78, 5) is 0. The van der Waals surface area contributed by atoms with Crippen molar-refractivity contribution in [3.63, 3.8) is 0 Å². The Kier molecular flexibility index (Phi) is 10.8. The minimum absolute atomic E-state index is 0.00690. The summed E-state index contributed by atoms with van der Waals surface area (Å²) in [5.41, 5.74) is -5.90. The highest BCUT2D eigenvalue weighted by atomic mass is 19.4. The molecule has 0 amide bonds. The summed E-state index contributed by atoms with van der Waals surface area (Å²) in [6, 6.07) is 6.75. The second-order valence-electron chi connectivity index (χ2n) is 15.9. The fourth-order valence-corrected chi connectivity index (χ4v) is 11.3. The second kappa shape index (κ2) is 13.7. The van der Waals surface area contributed by atoms with Crippen molar-refractivity contribution in [2.24, 2.45) is 40.4 Å². The summed E-state index contributed by atoms with van der Waals surface area (Å²) in [5.74, 6) is -1.28. The lowest BCUT2D eigenvalue weighted by atomic mass is 9.41. The molecule has 48 heavy (non-hydrogen) atoms. The second-order valence-corrected chi connectivity index (χ2v) is 15.9. The first kappa shape index (κ1) is 37.9. The van der Waals surface area contributed by atoms with Gasteiger partial charge < -0.3 is 45.2 Å². The van der Waals surface area contributed by atoms with E-state index in [9.17, 15) is 48.9 Å². The van der Waals surface area contributed by atoms with Gasteiger partial charge in [-0.25, -0.2) is 0 Å². The smallest absolute Gasteiger partial charge is 0.394 e. The molecule has 3 unspecified atom stereocenters. The highest BCUT2D eigenvalue weighted by Crippen LogP contribution is 2.69. The average molecular weight is 689 g/mol. The van der Waals surface area contributed by atoms with Crippen LogP contribution in [0, 0.1) is 40.4 Å². The molecule has 0 bridgehead atoms. The minimum Gasteiger partial charge on any atom is -0.394 e. The van der Waals surface area contributed by atoms with Crippen LogP contribution in [0.4, 0.5) is 13.2 Å². The van der Waals surface area contributed by atoms with Crippen molar-refractivity contribution in [3.05, 3.63) is 35.9 Å². The Bertz CT molecular complexity index is 1240. The normalized spacial score (nSPS) is 43.0. The summed E-state index contributed by atoms with van der Waals surface area (Å²) in [6.07, 6.45) is -8.37. The van der Waals surface area contributed by atoms with Crippen LogP contribution in [0.15, 0.2) is 30.3 Å². The van der Waals surface area contributed by atoms with Crippen LogP contribution in [0.5, 0.6) is 0 Å². The largest absolute Gasteiger partial charge is 0.426 e. The van der Waals surface area contributed by atoms with Gasteiger partial charge in [0.15, 0.2) is 6.29 Å². The van der Waals surface area contributed by atoms with E-state index in [1.54, 1.807) is 6.07 Å². The Labute approximate surface area is 281 Å². The third kappa shape index (κ3) is 5.94.